The van der Waals surface area contributed by atoms with Crippen LogP contribution < -0.4 is 5.32 Å². The van der Waals surface area contributed by atoms with Crippen molar-refractivity contribution in [3.05, 3.63) is 29.3 Å². The van der Waals surface area contributed by atoms with Crippen molar-refractivity contribution in [3.63, 3.8) is 0 Å². The Morgan fingerprint density at radius 1 is 1.35 bits per heavy atom. The number of carbonyl (C=O) groups is 1. The van der Waals surface area contributed by atoms with E-state index < -0.39 is 0 Å². The van der Waals surface area contributed by atoms with Gasteiger partial charge in [0.15, 0.2) is 0 Å². The molecule has 1 fully saturated rings. The first kappa shape index (κ1) is 15.9. The summed E-state index contributed by atoms with van der Waals surface area (Å²) in [4.78, 5) is 13.9. The lowest BCUT2D eigenvalue weighted by Gasteiger charge is -2.22. The van der Waals surface area contributed by atoms with Crippen LogP contribution in [0.25, 0.3) is 10.6 Å². The highest BCUT2D eigenvalue weighted by atomic mass is 32.1. The standard InChI is InChI=1S/C16H20N4O2S/c1-10-6-11(2)8-12(7-10)14-18-19-15(23-14)17-16(22)20-5-3-4-13(20)9-21/h6-8,13,21H,3-5,9H2,1-2H3,(H,17,19,22)/t13-/m1/s1. The van der Waals surface area contributed by atoms with Crippen LogP contribution in [0.5, 0.6) is 0 Å². The molecule has 1 atom stereocenters. The van der Waals surface area contributed by atoms with E-state index >= 15 is 0 Å². The SMILES string of the molecule is Cc1cc(C)cc(-c2nnc(NC(=O)N3CCC[C@@H]3CO)s2)c1. The Balaban J connectivity index is 1.73. The maximum atomic E-state index is 12.3. The van der Waals surface area contributed by atoms with Crippen LogP contribution in [0.15, 0.2) is 18.2 Å². The van der Waals surface area contributed by atoms with Gasteiger partial charge >= 0.3 is 6.03 Å². The molecule has 7 heteroatoms. The van der Waals surface area contributed by atoms with Gasteiger partial charge in [-0.3, -0.25) is 5.32 Å². The van der Waals surface area contributed by atoms with E-state index in [1.54, 1.807) is 4.90 Å². The highest BCUT2D eigenvalue weighted by Crippen LogP contribution is 2.28. The molecule has 1 aromatic carbocycles. The second-order valence-electron chi connectivity index (χ2n) is 5.89. The van der Waals surface area contributed by atoms with Gasteiger partial charge in [0, 0.05) is 12.1 Å². The van der Waals surface area contributed by atoms with E-state index in [9.17, 15) is 9.90 Å². The molecular formula is C16H20N4O2S. The normalized spacial score (nSPS) is 17.5. The third kappa shape index (κ3) is 3.51. The molecule has 3 rings (SSSR count). The van der Waals surface area contributed by atoms with E-state index in [0.717, 1.165) is 23.4 Å². The van der Waals surface area contributed by atoms with E-state index in [2.05, 4.69) is 33.7 Å². The van der Waals surface area contributed by atoms with Crippen LogP contribution in [-0.2, 0) is 0 Å². The molecule has 2 amide bonds. The second-order valence-corrected chi connectivity index (χ2v) is 6.87. The second kappa shape index (κ2) is 6.64. The average Bonchev–Trinajstić information content (AvgIpc) is 3.14. The van der Waals surface area contributed by atoms with Gasteiger partial charge in [-0.1, -0.05) is 28.5 Å². The Hall–Kier alpha value is -1.99. The molecule has 0 aliphatic carbocycles. The smallest absolute Gasteiger partial charge is 0.324 e. The predicted molar refractivity (Wildman–Crippen MR) is 90.7 cm³/mol. The monoisotopic (exact) mass is 332 g/mol. The lowest BCUT2D eigenvalue weighted by Crippen LogP contribution is -2.40. The Bertz CT molecular complexity index is 696. The van der Waals surface area contributed by atoms with Gasteiger partial charge < -0.3 is 10.0 Å². The Morgan fingerprint density at radius 3 is 2.78 bits per heavy atom. The number of nitrogens with zero attached hydrogens (tertiary/aromatic N) is 3. The van der Waals surface area contributed by atoms with Crippen LogP contribution in [0.4, 0.5) is 9.93 Å². The van der Waals surface area contributed by atoms with E-state index in [-0.39, 0.29) is 18.7 Å². The fourth-order valence-corrected chi connectivity index (χ4v) is 3.67. The number of urea groups is 1. The zero-order valence-corrected chi connectivity index (χ0v) is 14.1. The van der Waals surface area contributed by atoms with E-state index in [1.165, 1.54) is 22.5 Å². The molecule has 0 saturated carbocycles. The minimum absolute atomic E-state index is 0.00262. The molecule has 2 aromatic rings. The van der Waals surface area contributed by atoms with Gasteiger partial charge in [-0.25, -0.2) is 4.79 Å². The summed E-state index contributed by atoms with van der Waals surface area (Å²) in [5, 5.41) is 21.6. The molecule has 1 saturated heterocycles. The van der Waals surface area contributed by atoms with Gasteiger partial charge in [-0.2, -0.15) is 0 Å². The van der Waals surface area contributed by atoms with Gasteiger partial charge in [-0.05, 0) is 38.8 Å². The summed E-state index contributed by atoms with van der Waals surface area (Å²) in [6.07, 6.45) is 1.76. The van der Waals surface area contributed by atoms with Gasteiger partial charge in [0.2, 0.25) is 5.13 Å². The Kier molecular flexibility index (Phi) is 4.58. The minimum atomic E-state index is -0.218. The van der Waals surface area contributed by atoms with Crippen molar-refractivity contribution >= 4 is 22.5 Å². The number of rotatable bonds is 3. The number of nitrogens with one attached hydrogen (secondary N) is 1. The molecule has 1 aliphatic heterocycles. The lowest BCUT2D eigenvalue weighted by molar-refractivity contribution is 0.166. The molecule has 0 spiro atoms. The molecular weight excluding hydrogens is 312 g/mol. The molecule has 122 valence electrons. The molecule has 23 heavy (non-hydrogen) atoms. The number of amides is 2. The fourth-order valence-electron chi connectivity index (χ4n) is 2.94. The Labute approximate surface area is 139 Å². The van der Waals surface area contributed by atoms with E-state index in [1.807, 2.05) is 13.8 Å². The van der Waals surface area contributed by atoms with Gasteiger partial charge in [-0.15, -0.1) is 10.2 Å². The summed E-state index contributed by atoms with van der Waals surface area (Å²) >= 11 is 1.36. The Morgan fingerprint density at radius 2 is 2.09 bits per heavy atom. The van der Waals surface area contributed by atoms with Crippen molar-refractivity contribution in [2.24, 2.45) is 0 Å². The van der Waals surface area contributed by atoms with Crippen LogP contribution in [0, 0.1) is 13.8 Å². The van der Waals surface area contributed by atoms with Crippen molar-refractivity contribution in [1.29, 1.82) is 0 Å². The molecule has 2 heterocycles. The van der Waals surface area contributed by atoms with Crippen molar-refractivity contribution in [3.8, 4) is 10.6 Å². The molecule has 0 unspecified atom stereocenters. The quantitative estimate of drug-likeness (QED) is 0.906. The molecule has 1 aliphatic rings. The molecule has 6 nitrogen and oxygen atoms in total. The third-order valence-corrected chi connectivity index (χ3v) is 4.84. The number of hydrogen-bond acceptors (Lipinski definition) is 5. The van der Waals surface area contributed by atoms with Gasteiger partial charge in [0.1, 0.15) is 5.01 Å². The van der Waals surface area contributed by atoms with Crippen LogP contribution in [0.2, 0.25) is 0 Å². The number of anilines is 1. The van der Waals surface area contributed by atoms with Crippen LogP contribution in [0.1, 0.15) is 24.0 Å². The molecule has 0 radical (unpaired) electrons. The lowest BCUT2D eigenvalue weighted by atomic mass is 10.1. The summed E-state index contributed by atoms with van der Waals surface area (Å²) in [5.74, 6) is 0. The average molecular weight is 332 g/mol. The molecule has 2 N–H and O–H groups in total. The zero-order valence-electron chi connectivity index (χ0n) is 13.2. The molecule has 0 bridgehead atoms. The number of hydrogen-bond donors (Lipinski definition) is 2. The van der Waals surface area contributed by atoms with Crippen LogP contribution in [0.3, 0.4) is 0 Å². The highest BCUT2D eigenvalue weighted by molar-refractivity contribution is 7.18. The number of aliphatic hydroxyl groups is 1. The molecule has 1 aromatic heterocycles. The summed E-state index contributed by atoms with van der Waals surface area (Å²) in [6.45, 7) is 4.75. The fraction of sp³-hybridized carbons (Fsp3) is 0.438. The van der Waals surface area contributed by atoms with Gasteiger partial charge in [0.25, 0.3) is 0 Å². The van der Waals surface area contributed by atoms with Crippen molar-refractivity contribution < 1.29 is 9.90 Å². The maximum Gasteiger partial charge on any atom is 0.324 e. The largest absolute Gasteiger partial charge is 0.394 e. The van der Waals surface area contributed by atoms with E-state index in [0.29, 0.717) is 11.7 Å². The predicted octanol–water partition coefficient (Wildman–Crippen LogP) is 2.81. The van der Waals surface area contributed by atoms with E-state index in [4.69, 9.17) is 0 Å². The maximum absolute atomic E-state index is 12.3. The summed E-state index contributed by atoms with van der Waals surface area (Å²) < 4.78 is 0. The summed E-state index contributed by atoms with van der Waals surface area (Å²) in [5.41, 5.74) is 3.35. The number of aryl methyl sites for hydroxylation is 2. The van der Waals surface area contributed by atoms with Gasteiger partial charge in [0.05, 0.1) is 12.6 Å². The highest BCUT2D eigenvalue weighted by Gasteiger charge is 2.28. The van der Waals surface area contributed by atoms with Crippen LogP contribution in [-0.4, -0.2) is 45.4 Å². The van der Waals surface area contributed by atoms with Crippen LogP contribution >= 0.6 is 11.3 Å². The summed E-state index contributed by atoms with van der Waals surface area (Å²) in [7, 11) is 0. The number of likely N-dealkylation sites (tertiary alicyclic amines) is 1. The first-order valence-corrected chi connectivity index (χ1v) is 8.49. The number of aliphatic hydroxyl groups excluding tert-OH is 1. The first-order chi connectivity index (χ1) is 11.1. The summed E-state index contributed by atoms with van der Waals surface area (Å²) in [6, 6.07) is 5.91. The zero-order chi connectivity index (χ0) is 16.4. The van der Waals surface area contributed by atoms with Crippen molar-refractivity contribution in [1.82, 2.24) is 15.1 Å². The number of benzene rings is 1. The third-order valence-electron chi connectivity index (χ3n) is 3.96. The topological polar surface area (TPSA) is 78.4 Å². The number of carbonyl (C=O) groups excluding carboxylic acids is 1. The number of aromatic nitrogens is 2. The van der Waals surface area contributed by atoms with Crippen molar-refractivity contribution in [2.45, 2.75) is 32.7 Å². The minimum Gasteiger partial charge on any atom is -0.394 e. The van der Waals surface area contributed by atoms with Crippen molar-refractivity contribution in [2.75, 3.05) is 18.5 Å². The first-order valence-electron chi connectivity index (χ1n) is 7.67.